The number of ether oxygens (including phenoxy) is 1. The molecule has 37 heavy (non-hydrogen) atoms. The molecule has 1 aromatic carbocycles. The van der Waals surface area contributed by atoms with Gasteiger partial charge in [-0.3, -0.25) is 4.79 Å². The van der Waals surface area contributed by atoms with Gasteiger partial charge in [0.15, 0.2) is 0 Å². The number of aliphatic carboxylic acids is 1. The number of aliphatic hydroxyl groups excluding tert-OH is 2. The summed E-state index contributed by atoms with van der Waals surface area (Å²) < 4.78 is 46.6. The summed E-state index contributed by atoms with van der Waals surface area (Å²) in [5, 5.41) is 29.2. The second-order valence-electron chi connectivity index (χ2n) is 9.59. The van der Waals surface area contributed by atoms with E-state index in [0.29, 0.717) is 27.9 Å². The molecular weight excluding hydrogens is 503 g/mol. The van der Waals surface area contributed by atoms with Crippen molar-refractivity contribution in [2.45, 2.75) is 64.4 Å². The Labute approximate surface area is 216 Å². The SMILES string of the molecule is CC(C)c1nc2c(c(-c3ccc(F)cc3)c1/C=C/[C@@H](O)C[C@@H](O)CC(=O)O)COC[C@@H](C)N2S(C)(=O)=O. The first-order valence-corrected chi connectivity index (χ1v) is 13.8. The number of carbonyl (C=O) groups is 1. The third kappa shape index (κ3) is 6.92. The van der Waals surface area contributed by atoms with Crippen LogP contribution < -0.4 is 4.31 Å². The molecule has 3 atom stereocenters. The Bertz CT molecular complexity index is 1260. The highest BCUT2D eigenvalue weighted by atomic mass is 32.2. The molecular formula is C26H33FN2O7S. The van der Waals surface area contributed by atoms with E-state index in [9.17, 15) is 27.8 Å². The molecule has 1 aliphatic heterocycles. The predicted molar refractivity (Wildman–Crippen MR) is 138 cm³/mol. The summed E-state index contributed by atoms with van der Waals surface area (Å²) in [4.78, 5) is 15.6. The highest BCUT2D eigenvalue weighted by Crippen LogP contribution is 2.41. The summed E-state index contributed by atoms with van der Waals surface area (Å²) in [6.45, 7) is 5.74. The maximum atomic E-state index is 13.8. The van der Waals surface area contributed by atoms with Gasteiger partial charge in [-0.05, 0) is 36.1 Å². The molecule has 11 heteroatoms. The van der Waals surface area contributed by atoms with Gasteiger partial charge in [0.1, 0.15) is 11.6 Å². The number of pyridine rings is 1. The fourth-order valence-corrected chi connectivity index (χ4v) is 5.64. The van der Waals surface area contributed by atoms with E-state index in [-0.39, 0.29) is 31.4 Å². The lowest BCUT2D eigenvalue weighted by Gasteiger charge is -2.29. The Balaban J connectivity index is 2.27. The zero-order valence-electron chi connectivity index (χ0n) is 21.3. The monoisotopic (exact) mass is 536 g/mol. The van der Waals surface area contributed by atoms with Crippen molar-refractivity contribution in [2.75, 3.05) is 17.2 Å². The van der Waals surface area contributed by atoms with Gasteiger partial charge in [-0.15, -0.1) is 0 Å². The van der Waals surface area contributed by atoms with Gasteiger partial charge in [-0.25, -0.2) is 22.1 Å². The van der Waals surface area contributed by atoms with E-state index in [1.807, 2.05) is 13.8 Å². The number of benzene rings is 1. The summed E-state index contributed by atoms with van der Waals surface area (Å²) in [6, 6.07) is 5.26. The van der Waals surface area contributed by atoms with Crippen LogP contribution in [0, 0.1) is 5.82 Å². The van der Waals surface area contributed by atoms with Crippen LogP contribution in [0.1, 0.15) is 56.4 Å². The first kappa shape index (κ1) is 28.7. The van der Waals surface area contributed by atoms with Crippen molar-refractivity contribution < 1.29 is 37.7 Å². The van der Waals surface area contributed by atoms with E-state index in [1.54, 1.807) is 25.1 Å². The van der Waals surface area contributed by atoms with Crippen LogP contribution in [0.25, 0.3) is 17.2 Å². The molecule has 1 aromatic heterocycles. The topological polar surface area (TPSA) is 137 Å². The van der Waals surface area contributed by atoms with E-state index in [4.69, 9.17) is 14.8 Å². The minimum Gasteiger partial charge on any atom is -0.481 e. The minimum absolute atomic E-state index is 0.0600. The van der Waals surface area contributed by atoms with E-state index in [2.05, 4.69) is 0 Å². The Morgan fingerprint density at radius 1 is 1.27 bits per heavy atom. The van der Waals surface area contributed by atoms with Gasteiger partial charge in [-0.1, -0.05) is 38.1 Å². The molecule has 2 heterocycles. The molecule has 0 saturated heterocycles. The van der Waals surface area contributed by atoms with Crippen LogP contribution in [-0.4, -0.2) is 65.8 Å². The largest absolute Gasteiger partial charge is 0.481 e. The number of halogens is 1. The molecule has 1 aliphatic rings. The first-order valence-electron chi connectivity index (χ1n) is 12.0. The molecule has 0 spiro atoms. The molecule has 202 valence electrons. The number of sulfonamides is 1. The summed E-state index contributed by atoms with van der Waals surface area (Å²) in [5.41, 5.74) is 2.83. The lowest BCUT2D eigenvalue weighted by Crippen LogP contribution is -2.40. The van der Waals surface area contributed by atoms with Gasteiger partial charge in [0.05, 0.1) is 49.8 Å². The lowest BCUT2D eigenvalue weighted by atomic mass is 9.90. The molecule has 0 aliphatic carbocycles. The van der Waals surface area contributed by atoms with E-state index in [0.717, 1.165) is 6.26 Å². The maximum absolute atomic E-state index is 13.8. The Morgan fingerprint density at radius 3 is 2.49 bits per heavy atom. The summed E-state index contributed by atoms with van der Waals surface area (Å²) in [6.07, 6.45) is 1.09. The summed E-state index contributed by atoms with van der Waals surface area (Å²) in [7, 11) is -3.72. The van der Waals surface area contributed by atoms with Crippen molar-refractivity contribution >= 4 is 27.9 Å². The van der Waals surface area contributed by atoms with E-state index < -0.39 is 46.5 Å². The summed E-state index contributed by atoms with van der Waals surface area (Å²) >= 11 is 0. The standard InChI is InChI=1S/C26H33FN2O7S/c1-15(2)25-21(10-9-19(30)11-20(31)12-23(32)33)24(17-5-7-18(27)8-6-17)22-14-36-13-16(3)29(26(22)28-25)37(4,34)35/h5-10,15-16,19-20,30-31H,11-14H2,1-4H3,(H,32,33)/b10-9+/t16-,19-,20-/m1/s1. The molecule has 9 nitrogen and oxygen atoms in total. The third-order valence-electron chi connectivity index (χ3n) is 6.00. The zero-order valence-corrected chi connectivity index (χ0v) is 22.1. The van der Waals surface area contributed by atoms with E-state index >= 15 is 0 Å². The second-order valence-corrected chi connectivity index (χ2v) is 11.4. The number of rotatable bonds is 9. The number of anilines is 1. The predicted octanol–water partition coefficient (Wildman–Crippen LogP) is 3.30. The van der Waals surface area contributed by atoms with Crippen LogP contribution >= 0.6 is 0 Å². The highest BCUT2D eigenvalue weighted by Gasteiger charge is 2.34. The van der Waals surface area contributed by atoms with E-state index in [1.165, 1.54) is 22.5 Å². The second kappa shape index (κ2) is 11.7. The maximum Gasteiger partial charge on any atom is 0.305 e. The van der Waals surface area contributed by atoms with Gasteiger partial charge >= 0.3 is 5.97 Å². The van der Waals surface area contributed by atoms with Crippen LogP contribution in [0.3, 0.4) is 0 Å². The molecule has 0 radical (unpaired) electrons. The minimum atomic E-state index is -3.72. The quantitative estimate of drug-likeness (QED) is 0.444. The van der Waals surface area contributed by atoms with Crippen LogP contribution in [0.2, 0.25) is 0 Å². The number of hydrogen-bond donors (Lipinski definition) is 3. The Hall–Kier alpha value is -2.86. The lowest BCUT2D eigenvalue weighted by molar-refractivity contribution is -0.139. The highest BCUT2D eigenvalue weighted by molar-refractivity contribution is 7.92. The molecule has 0 fully saturated rings. The molecule has 2 aromatic rings. The van der Waals surface area contributed by atoms with Gasteiger partial charge in [0.2, 0.25) is 10.0 Å². The molecule has 3 rings (SSSR count). The van der Waals surface area contributed by atoms with Gasteiger partial charge in [0.25, 0.3) is 0 Å². The smallest absolute Gasteiger partial charge is 0.305 e. The molecule has 0 amide bonds. The number of carboxylic acids is 1. The van der Waals surface area contributed by atoms with Crippen LogP contribution in [0.4, 0.5) is 10.2 Å². The number of aliphatic hydroxyl groups is 2. The van der Waals surface area contributed by atoms with Crippen LogP contribution in [0.5, 0.6) is 0 Å². The van der Waals surface area contributed by atoms with Gasteiger partial charge in [0, 0.05) is 17.5 Å². The molecule has 0 bridgehead atoms. The third-order valence-corrected chi connectivity index (χ3v) is 7.25. The van der Waals surface area contributed by atoms with Crippen molar-refractivity contribution in [2.24, 2.45) is 0 Å². The zero-order chi connectivity index (χ0) is 27.5. The number of aromatic nitrogens is 1. The van der Waals surface area contributed by atoms with Crippen LogP contribution in [0.15, 0.2) is 30.3 Å². The van der Waals surface area contributed by atoms with Crippen LogP contribution in [-0.2, 0) is 26.2 Å². The van der Waals surface area contributed by atoms with Gasteiger partial charge < -0.3 is 20.1 Å². The number of nitrogens with zero attached hydrogens (tertiary/aromatic N) is 2. The number of carboxylic acid groups (broad SMARTS) is 1. The van der Waals surface area contributed by atoms with Crippen molar-refractivity contribution in [3.05, 3.63) is 53.0 Å². The fourth-order valence-electron chi connectivity index (χ4n) is 4.46. The average Bonchev–Trinajstić information content (AvgIpc) is 2.94. The number of fused-ring (bicyclic) bond motifs is 1. The molecule has 0 unspecified atom stereocenters. The normalized spacial score (nSPS) is 18.1. The summed E-state index contributed by atoms with van der Waals surface area (Å²) in [5.74, 6) is -1.54. The molecule has 3 N–H and O–H groups in total. The first-order chi connectivity index (χ1) is 17.3. The van der Waals surface area contributed by atoms with Crippen molar-refractivity contribution in [1.29, 1.82) is 0 Å². The van der Waals surface area contributed by atoms with Gasteiger partial charge in [-0.2, -0.15) is 0 Å². The van der Waals surface area contributed by atoms with Crippen molar-refractivity contribution in [1.82, 2.24) is 4.98 Å². The van der Waals surface area contributed by atoms with Crippen molar-refractivity contribution in [3.8, 4) is 11.1 Å². The Kier molecular flexibility index (Phi) is 9.06. The molecule has 0 saturated carbocycles. The average molecular weight is 537 g/mol. The van der Waals surface area contributed by atoms with Crippen molar-refractivity contribution in [3.63, 3.8) is 0 Å². The Morgan fingerprint density at radius 2 is 1.92 bits per heavy atom. The number of hydrogen-bond acceptors (Lipinski definition) is 7. The fraction of sp³-hybridized carbons (Fsp3) is 0.462.